The molecule has 0 fully saturated rings. The van der Waals surface area contributed by atoms with Crippen LogP contribution in [-0.2, 0) is 6.18 Å². The number of alkyl halides is 6. The predicted molar refractivity (Wildman–Crippen MR) is 93.2 cm³/mol. The molecule has 0 aliphatic rings. The van der Waals surface area contributed by atoms with Crippen molar-refractivity contribution in [1.82, 2.24) is 9.97 Å². The van der Waals surface area contributed by atoms with Gasteiger partial charge in [0.15, 0.2) is 5.75 Å². The van der Waals surface area contributed by atoms with E-state index in [0.29, 0.717) is 5.69 Å². The second-order valence-electron chi connectivity index (χ2n) is 5.63. The van der Waals surface area contributed by atoms with Crippen LogP contribution in [0, 0.1) is 0 Å². The van der Waals surface area contributed by atoms with Crippen molar-refractivity contribution in [3.63, 3.8) is 0 Å². The number of benzene rings is 2. The summed E-state index contributed by atoms with van der Waals surface area (Å²) in [6.07, 6.45) is -7.99. The number of hydrogen-bond donors (Lipinski definition) is 2. The van der Waals surface area contributed by atoms with E-state index in [-0.39, 0.29) is 17.5 Å². The second kappa shape index (κ2) is 7.86. The van der Waals surface area contributed by atoms with Crippen molar-refractivity contribution in [3.8, 4) is 5.75 Å². The van der Waals surface area contributed by atoms with Gasteiger partial charge in [-0.1, -0.05) is 12.1 Å². The average Bonchev–Trinajstić information content (AvgIpc) is 2.62. The molecule has 2 N–H and O–H groups in total. The minimum Gasteiger partial charge on any atom is -0.404 e. The highest BCUT2D eigenvalue weighted by Gasteiger charge is 2.32. The summed E-state index contributed by atoms with van der Waals surface area (Å²) in [4.78, 5) is 7.99. The van der Waals surface area contributed by atoms with Gasteiger partial charge < -0.3 is 15.4 Å². The quantitative estimate of drug-likeness (QED) is 0.511. The molecule has 0 saturated heterocycles. The van der Waals surface area contributed by atoms with E-state index in [0.717, 1.165) is 18.2 Å². The van der Waals surface area contributed by atoms with E-state index in [4.69, 9.17) is 0 Å². The monoisotopic (exact) mass is 414 g/mol. The summed E-state index contributed by atoms with van der Waals surface area (Å²) in [5.41, 5.74) is -0.477. The number of ether oxygens (including phenoxy) is 1. The van der Waals surface area contributed by atoms with E-state index < -0.39 is 23.9 Å². The minimum absolute atomic E-state index is 0.0171. The van der Waals surface area contributed by atoms with E-state index in [1.807, 2.05) is 0 Å². The van der Waals surface area contributed by atoms with Gasteiger partial charge in [0.25, 0.3) is 0 Å². The maximum atomic E-state index is 12.6. The lowest BCUT2D eigenvalue weighted by Crippen LogP contribution is -2.18. The van der Waals surface area contributed by atoms with Crippen molar-refractivity contribution in [1.29, 1.82) is 0 Å². The van der Waals surface area contributed by atoms with Gasteiger partial charge in [-0.2, -0.15) is 18.2 Å². The van der Waals surface area contributed by atoms with Crippen LogP contribution in [0.15, 0.2) is 60.8 Å². The molecule has 1 aromatic heterocycles. The number of para-hydroxylation sites is 2. The topological polar surface area (TPSA) is 59.1 Å². The van der Waals surface area contributed by atoms with Crippen molar-refractivity contribution >= 4 is 23.1 Å². The van der Waals surface area contributed by atoms with Crippen LogP contribution < -0.4 is 15.4 Å². The number of hydrogen-bond acceptors (Lipinski definition) is 5. The van der Waals surface area contributed by atoms with E-state index in [9.17, 15) is 26.3 Å². The van der Waals surface area contributed by atoms with Crippen molar-refractivity contribution in [2.45, 2.75) is 12.5 Å². The van der Waals surface area contributed by atoms with Gasteiger partial charge in [-0.15, -0.1) is 13.2 Å². The number of rotatable bonds is 5. The lowest BCUT2D eigenvalue weighted by Gasteiger charge is -2.14. The van der Waals surface area contributed by atoms with Crippen LogP contribution in [0.3, 0.4) is 0 Å². The van der Waals surface area contributed by atoms with Gasteiger partial charge in [0.2, 0.25) is 5.95 Å². The molecule has 3 aromatic rings. The third kappa shape index (κ3) is 5.74. The number of nitrogens with zero attached hydrogens (tertiary/aromatic N) is 2. The van der Waals surface area contributed by atoms with Crippen LogP contribution in [0.1, 0.15) is 5.56 Å². The number of nitrogens with one attached hydrogen (secondary N) is 2. The third-order valence-corrected chi connectivity index (χ3v) is 3.50. The molecule has 11 heteroatoms. The molecule has 0 aliphatic carbocycles. The molecule has 0 bridgehead atoms. The second-order valence-corrected chi connectivity index (χ2v) is 5.63. The first-order chi connectivity index (χ1) is 13.6. The molecule has 0 atom stereocenters. The highest BCUT2D eigenvalue weighted by atomic mass is 19.4. The number of halogens is 6. The van der Waals surface area contributed by atoms with Crippen molar-refractivity contribution in [3.05, 3.63) is 66.4 Å². The Morgan fingerprint density at radius 3 is 2.14 bits per heavy atom. The van der Waals surface area contributed by atoms with E-state index in [1.54, 1.807) is 0 Å². The van der Waals surface area contributed by atoms with Crippen LogP contribution in [0.25, 0.3) is 0 Å². The van der Waals surface area contributed by atoms with E-state index in [1.165, 1.54) is 42.6 Å². The predicted octanol–water partition coefficient (Wildman–Crippen LogP) is 5.88. The SMILES string of the molecule is FC(F)(F)Oc1ccccc1Nc1nccc(Nc2ccc(C(F)(F)F)cc2)n1. The fourth-order valence-electron chi connectivity index (χ4n) is 2.28. The molecule has 152 valence electrons. The van der Waals surface area contributed by atoms with Crippen molar-refractivity contribution < 1.29 is 31.1 Å². The highest BCUT2D eigenvalue weighted by Crippen LogP contribution is 2.32. The molecule has 0 saturated carbocycles. The maximum absolute atomic E-state index is 12.6. The molecule has 29 heavy (non-hydrogen) atoms. The summed E-state index contributed by atoms with van der Waals surface area (Å²) >= 11 is 0. The number of anilines is 4. The van der Waals surface area contributed by atoms with Crippen LogP contribution >= 0.6 is 0 Å². The Hall–Kier alpha value is -3.50. The van der Waals surface area contributed by atoms with Gasteiger partial charge in [-0.05, 0) is 42.5 Å². The Morgan fingerprint density at radius 2 is 1.48 bits per heavy atom. The zero-order valence-electron chi connectivity index (χ0n) is 14.3. The van der Waals surface area contributed by atoms with Crippen LogP contribution in [0.4, 0.5) is 49.5 Å². The lowest BCUT2D eigenvalue weighted by molar-refractivity contribution is -0.274. The van der Waals surface area contributed by atoms with Gasteiger partial charge in [0, 0.05) is 11.9 Å². The molecule has 0 radical (unpaired) electrons. The Kier molecular flexibility index (Phi) is 5.48. The first kappa shape index (κ1) is 20.2. The zero-order valence-corrected chi connectivity index (χ0v) is 14.3. The van der Waals surface area contributed by atoms with Gasteiger partial charge in [0.05, 0.1) is 11.3 Å². The lowest BCUT2D eigenvalue weighted by atomic mass is 10.2. The standard InChI is InChI=1S/C18H12F6N4O/c19-17(20,21)11-5-7-12(8-6-11)26-15-9-10-25-16(28-15)27-13-3-1-2-4-14(13)29-18(22,23)24/h1-10H,(H2,25,26,27,28). The minimum atomic E-state index is -4.87. The van der Waals surface area contributed by atoms with Crippen molar-refractivity contribution in [2.75, 3.05) is 10.6 Å². The van der Waals surface area contributed by atoms with Crippen LogP contribution in [0.5, 0.6) is 5.75 Å². The summed E-state index contributed by atoms with van der Waals surface area (Å²) in [6.45, 7) is 0. The molecule has 5 nitrogen and oxygen atoms in total. The molecule has 3 rings (SSSR count). The Labute approximate surface area is 160 Å². The smallest absolute Gasteiger partial charge is 0.404 e. The normalized spacial score (nSPS) is 11.8. The first-order valence-corrected chi connectivity index (χ1v) is 7.99. The Morgan fingerprint density at radius 1 is 0.793 bits per heavy atom. The van der Waals surface area contributed by atoms with Gasteiger partial charge in [0.1, 0.15) is 5.82 Å². The fraction of sp³-hybridized carbons (Fsp3) is 0.111. The summed E-state index contributed by atoms with van der Waals surface area (Å²) in [5, 5.41) is 5.41. The summed E-state index contributed by atoms with van der Waals surface area (Å²) in [6, 6.07) is 11.1. The maximum Gasteiger partial charge on any atom is 0.573 e. The molecule has 0 amide bonds. The largest absolute Gasteiger partial charge is 0.573 e. The Balaban J connectivity index is 1.76. The zero-order chi connectivity index (χ0) is 21.1. The molecular weight excluding hydrogens is 402 g/mol. The summed E-state index contributed by atoms with van der Waals surface area (Å²) in [5.74, 6) is -0.290. The molecule has 2 aromatic carbocycles. The van der Waals surface area contributed by atoms with Gasteiger partial charge in [-0.25, -0.2) is 4.98 Å². The van der Waals surface area contributed by atoms with Crippen LogP contribution in [-0.4, -0.2) is 16.3 Å². The average molecular weight is 414 g/mol. The molecular formula is C18H12F6N4O. The molecule has 1 heterocycles. The Bertz CT molecular complexity index is 973. The molecule has 0 aliphatic heterocycles. The fourth-order valence-corrected chi connectivity index (χ4v) is 2.28. The van der Waals surface area contributed by atoms with Gasteiger partial charge >= 0.3 is 12.5 Å². The number of aromatic nitrogens is 2. The van der Waals surface area contributed by atoms with Crippen LogP contribution in [0.2, 0.25) is 0 Å². The summed E-state index contributed by atoms with van der Waals surface area (Å²) < 4.78 is 79.3. The molecule has 0 unspecified atom stereocenters. The van der Waals surface area contributed by atoms with E-state index >= 15 is 0 Å². The van der Waals surface area contributed by atoms with Gasteiger partial charge in [-0.3, -0.25) is 0 Å². The highest BCUT2D eigenvalue weighted by molar-refractivity contribution is 5.64. The third-order valence-electron chi connectivity index (χ3n) is 3.50. The first-order valence-electron chi connectivity index (χ1n) is 7.99. The van der Waals surface area contributed by atoms with E-state index in [2.05, 4.69) is 25.3 Å². The summed E-state index contributed by atoms with van der Waals surface area (Å²) in [7, 11) is 0. The van der Waals surface area contributed by atoms with Crippen molar-refractivity contribution in [2.24, 2.45) is 0 Å². The molecule has 0 spiro atoms.